The number of benzene rings is 2. The number of thioether (sulfide) groups is 1. The number of phenolic OH excluding ortho intramolecular Hbond substituents is 1. The highest BCUT2D eigenvalue weighted by Crippen LogP contribution is 2.39. The molecular formula is C22H18FN3O2S2. The molecule has 1 amide bonds. The monoisotopic (exact) mass is 439 g/mol. The van der Waals surface area contributed by atoms with E-state index in [0.717, 1.165) is 21.3 Å². The van der Waals surface area contributed by atoms with Gasteiger partial charge in [0.15, 0.2) is 0 Å². The summed E-state index contributed by atoms with van der Waals surface area (Å²) in [4.78, 5) is 22.4. The molecule has 1 unspecified atom stereocenters. The van der Waals surface area contributed by atoms with Crippen LogP contribution in [0.5, 0.6) is 5.75 Å². The van der Waals surface area contributed by atoms with Crippen molar-refractivity contribution >= 4 is 44.9 Å². The first-order chi connectivity index (χ1) is 14.5. The van der Waals surface area contributed by atoms with Crippen LogP contribution in [0.3, 0.4) is 0 Å². The van der Waals surface area contributed by atoms with Crippen LogP contribution in [-0.4, -0.2) is 26.2 Å². The molecule has 152 valence electrons. The molecule has 5 nitrogen and oxygen atoms in total. The maximum Gasteiger partial charge on any atom is 0.237 e. The van der Waals surface area contributed by atoms with Crippen LogP contribution in [0.1, 0.15) is 13.3 Å². The fraction of sp³-hybridized carbons (Fsp3) is 0.136. The van der Waals surface area contributed by atoms with Crippen LogP contribution in [0.25, 0.3) is 21.3 Å². The molecule has 1 atom stereocenters. The maximum absolute atomic E-state index is 13.3. The van der Waals surface area contributed by atoms with Gasteiger partial charge in [0.25, 0.3) is 0 Å². The van der Waals surface area contributed by atoms with Crippen LogP contribution in [0, 0.1) is 5.82 Å². The Balaban J connectivity index is 1.63. The molecule has 0 aliphatic carbocycles. The van der Waals surface area contributed by atoms with Crippen molar-refractivity contribution in [2.24, 2.45) is 0 Å². The molecule has 0 bridgehead atoms. The van der Waals surface area contributed by atoms with E-state index >= 15 is 0 Å². The van der Waals surface area contributed by atoms with E-state index in [2.05, 4.69) is 15.3 Å². The number of thiophene rings is 1. The smallest absolute Gasteiger partial charge is 0.237 e. The summed E-state index contributed by atoms with van der Waals surface area (Å²) < 4.78 is 13.3. The largest absolute Gasteiger partial charge is 0.508 e. The second-order valence-electron chi connectivity index (χ2n) is 6.57. The van der Waals surface area contributed by atoms with E-state index in [0.29, 0.717) is 17.1 Å². The molecule has 8 heteroatoms. The molecule has 4 aromatic rings. The number of carbonyl (C=O) groups is 1. The van der Waals surface area contributed by atoms with E-state index in [-0.39, 0.29) is 22.7 Å². The normalized spacial score (nSPS) is 12.1. The number of nitrogens with zero attached hydrogens (tertiary/aromatic N) is 2. The molecule has 2 aromatic heterocycles. The molecule has 0 radical (unpaired) electrons. The summed E-state index contributed by atoms with van der Waals surface area (Å²) >= 11 is 2.88. The van der Waals surface area contributed by atoms with Crippen LogP contribution in [0.4, 0.5) is 10.1 Å². The van der Waals surface area contributed by atoms with Gasteiger partial charge >= 0.3 is 0 Å². The van der Waals surface area contributed by atoms with Crippen molar-refractivity contribution in [1.29, 1.82) is 0 Å². The van der Waals surface area contributed by atoms with Crippen LogP contribution in [0.15, 0.2) is 65.3 Å². The number of aromatic hydroxyl groups is 1. The van der Waals surface area contributed by atoms with Gasteiger partial charge in [0.05, 0.1) is 10.6 Å². The van der Waals surface area contributed by atoms with E-state index < -0.39 is 0 Å². The lowest BCUT2D eigenvalue weighted by molar-refractivity contribution is -0.115. The van der Waals surface area contributed by atoms with Gasteiger partial charge in [-0.1, -0.05) is 30.8 Å². The fourth-order valence-corrected chi connectivity index (χ4v) is 5.02. The lowest BCUT2D eigenvalue weighted by atomic mass is 10.1. The van der Waals surface area contributed by atoms with Crippen molar-refractivity contribution < 1.29 is 14.3 Å². The second kappa shape index (κ2) is 8.81. The third-order valence-electron chi connectivity index (χ3n) is 4.54. The van der Waals surface area contributed by atoms with Crippen molar-refractivity contribution in [3.63, 3.8) is 0 Å². The predicted molar refractivity (Wildman–Crippen MR) is 119 cm³/mol. The molecule has 0 fully saturated rings. The minimum atomic E-state index is -0.363. The van der Waals surface area contributed by atoms with Gasteiger partial charge in [-0.05, 0) is 48.4 Å². The van der Waals surface area contributed by atoms with Gasteiger partial charge in [-0.25, -0.2) is 14.4 Å². The highest BCUT2D eigenvalue weighted by atomic mass is 32.2. The van der Waals surface area contributed by atoms with Crippen molar-refractivity contribution in [2.45, 2.75) is 23.6 Å². The Morgan fingerprint density at radius 3 is 2.60 bits per heavy atom. The van der Waals surface area contributed by atoms with Crippen molar-refractivity contribution in [3.05, 3.63) is 66.1 Å². The summed E-state index contributed by atoms with van der Waals surface area (Å²) in [6.45, 7) is 1.95. The number of fused-ring (bicyclic) bond motifs is 1. The average molecular weight is 440 g/mol. The van der Waals surface area contributed by atoms with Gasteiger partial charge < -0.3 is 10.4 Å². The lowest BCUT2D eigenvalue weighted by Gasteiger charge is -2.15. The number of amides is 1. The Morgan fingerprint density at radius 1 is 1.17 bits per heavy atom. The number of anilines is 1. The Morgan fingerprint density at radius 2 is 1.90 bits per heavy atom. The van der Waals surface area contributed by atoms with Crippen molar-refractivity contribution in [1.82, 2.24) is 9.97 Å². The second-order valence-corrected chi connectivity index (χ2v) is 8.62. The first-order valence-electron chi connectivity index (χ1n) is 9.30. The molecular weight excluding hydrogens is 421 g/mol. The van der Waals surface area contributed by atoms with Gasteiger partial charge in [0, 0.05) is 16.6 Å². The molecule has 30 heavy (non-hydrogen) atoms. The van der Waals surface area contributed by atoms with E-state index in [1.54, 1.807) is 24.3 Å². The van der Waals surface area contributed by atoms with Crippen LogP contribution in [-0.2, 0) is 4.79 Å². The zero-order valence-corrected chi connectivity index (χ0v) is 17.6. The fourth-order valence-electron chi connectivity index (χ4n) is 3.00. The van der Waals surface area contributed by atoms with E-state index in [1.807, 2.05) is 12.3 Å². The molecule has 0 aliphatic heterocycles. The molecule has 2 heterocycles. The van der Waals surface area contributed by atoms with E-state index in [1.165, 1.54) is 53.7 Å². The average Bonchev–Trinajstić information content (AvgIpc) is 3.19. The maximum atomic E-state index is 13.3. The number of rotatable bonds is 6. The quantitative estimate of drug-likeness (QED) is 0.229. The van der Waals surface area contributed by atoms with Crippen LogP contribution >= 0.6 is 23.1 Å². The van der Waals surface area contributed by atoms with E-state index in [4.69, 9.17) is 0 Å². The summed E-state index contributed by atoms with van der Waals surface area (Å²) in [5.41, 5.74) is 2.42. The number of aromatic nitrogens is 2. The zero-order valence-electron chi connectivity index (χ0n) is 16.0. The molecule has 2 N–H and O–H groups in total. The standard InChI is InChI=1S/C22H18FN3O2S2/c1-2-18(20(28)26-15-7-9-16(27)10-8-15)30-22-19-17(11-29-21(19)24-12-25-22)13-3-5-14(23)6-4-13/h3-12,18,27H,2H2,1H3,(H,26,28). The Bertz CT molecular complexity index is 1180. The Hall–Kier alpha value is -2.97. The number of nitrogens with one attached hydrogen (secondary N) is 1. The zero-order chi connectivity index (χ0) is 21.1. The SMILES string of the molecule is CCC(Sc1ncnc2scc(-c3ccc(F)cc3)c12)C(=O)Nc1ccc(O)cc1. The third-order valence-corrected chi connectivity index (χ3v) is 6.79. The highest BCUT2D eigenvalue weighted by molar-refractivity contribution is 8.00. The van der Waals surface area contributed by atoms with Gasteiger partial charge in [-0.15, -0.1) is 11.3 Å². The summed E-state index contributed by atoms with van der Waals surface area (Å²) in [5.74, 6) is -0.289. The molecule has 0 saturated carbocycles. The number of hydrogen-bond acceptors (Lipinski definition) is 6. The topological polar surface area (TPSA) is 75.1 Å². The molecule has 4 rings (SSSR count). The minimum Gasteiger partial charge on any atom is -0.508 e. The Kier molecular flexibility index (Phi) is 5.96. The number of halogens is 1. The number of hydrogen-bond donors (Lipinski definition) is 2. The van der Waals surface area contributed by atoms with Crippen molar-refractivity contribution in [3.8, 4) is 16.9 Å². The molecule has 2 aromatic carbocycles. The number of phenols is 1. The third kappa shape index (κ3) is 4.29. The predicted octanol–water partition coefficient (Wildman–Crippen LogP) is 5.71. The Labute approximate surface area is 181 Å². The summed E-state index contributed by atoms with van der Waals surface area (Å²) in [5, 5.41) is 15.5. The van der Waals surface area contributed by atoms with Gasteiger partial charge in [0.1, 0.15) is 27.8 Å². The van der Waals surface area contributed by atoms with Crippen LogP contribution < -0.4 is 5.32 Å². The molecule has 0 aliphatic rings. The number of carbonyl (C=O) groups excluding carboxylic acids is 1. The first-order valence-corrected chi connectivity index (χ1v) is 11.1. The molecule has 0 spiro atoms. The van der Waals surface area contributed by atoms with Crippen LogP contribution in [0.2, 0.25) is 0 Å². The minimum absolute atomic E-state index is 0.140. The van der Waals surface area contributed by atoms with E-state index in [9.17, 15) is 14.3 Å². The summed E-state index contributed by atoms with van der Waals surface area (Å²) in [6, 6.07) is 12.7. The van der Waals surface area contributed by atoms with Gasteiger partial charge in [-0.3, -0.25) is 4.79 Å². The van der Waals surface area contributed by atoms with Gasteiger partial charge in [0.2, 0.25) is 5.91 Å². The summed E-state index contributed by atoms with van der Waals surface area (Å²) in [7, 11) is 0. The lowest BCUT2D eigenvalue weighted by Crippen LogP contribution is -2.24. The summed E-state index contributed by atoms with van der Waals surface area (Å²) in [6.07, 6.45) is 2.11. The van der Waals surface area contributed by atoms with Gasteiger partial charge in [-0.2, -0.15) is 0 Å². The van der Waals surface area contributed by atoms with Crippen molar-refractivity contribution in [2.75, 3.05) is 5.32 Å². The highest BCUT2D eigenvalue weighted by Gasteiger charge is 2.22. The molecule has 0 saturated heterocycles. The first kappa shape index (κ1) is 20.3.